The zero-order valence-corrected chi connectivity index (χ0v) is 20.4. The van der Waals surface area contributed by atoms with E-state index in [2.05, 4.69) is 15.6 Å². The molecule has 0 saturated heterocycles. The van der Waals surface area contributed by atoms with Crippen LogP contribution >= 0.6 is 35.4 Å². The van der Waals surface area contributed by atoms with Gasteiger partial charge in [0.15, 0.2) is 5.11 Å². The number of pyridine rings is 1. The van der Waals surface area contributed by atoms with Crippen molar-refractivity contribution in [3.05, 3.63) is 82.2 Å². The van der Waals surface area contributed by atoms with Crippen LogP contribution in [-0.4, -0.2) is 23.1 Å². The third kappa shape index (κ3) is 5.54. The molecule has 0 aliphatic carbocycles. The number of carbonyl (C=O) groups excluding carboxylic acids is 1. The molecule has 0 saturated carbocycles. The summed E-state index contributed by atoms with van der Waals surface area (Å²) in [4.78, 5) is 16.1. The number of benzene rings is 3. The highest BCUT2D eigenvalue weighted by molar-refractivity contribution is 7.80. The predicted molar refractivity (Wildman–Crippen MR) is 140 cm³/mol. The van der Waals surface area contributed by atoms with Gasteiger partial charge in [-0.1, -0.05) is 23.2 Å². The monoisotopic (exact) mass is 530 g/mol. The van der Waals surface area contributed by atoms with Crippen LogP contribution in [0.5, 0.6) is 17.2 Å². The Labute approximate surface area is 215 Å². The fourth-order valence-corrected chi connectivity index (χ4v) is 3.81. The van der Waals surface area contributed by atoms with Crippen LogP contribution in [0, 0.1) is 5.82 Å². The summed E-state index contributed by atoms with van der Waals surface area (Å²) in [5.41, 5.74) is 7.18. The molecule has 0 unspecified atom stereocenters. The molecule has 1 amide bonds. The number of methoxy groups -OCH3 is 1. The molecular formula is C24H17Cl2FN4O3S. The largest absolute Gasteiger partial charge is 0.496 e. The van der Waals surface area contributed by atoms with E-state index in [-0.39, 0.29) is 15.7 Å². The molecule has 35 heavy (non-hydrogen) atoms. The Morgan fingerprint density at radius 2 is 1.83 bits per heavy atom. The fraction of sp³-hybridized carbons (Fsp3) is 0.0417. The van der Waals surface area contributed by atoms with Crippen LogP contribution in [0.1, 0.15) is 10.4 Å². The van der Waals surface area contributed by atoms with Crippen LogP contribution < -0.4 is 25.8 Å². The summed E-state index contributed by atoms with van der Waals surface area (Å²) < 4.78 is 24.9. The number of nitrogens with one attached hydrogen (secondary N) is 2. The van der Waals surface area contributed by atoms with Crippen molar-refractivity contribution >= 4 is 68.7 Å². The van der Waals surface area contributed by atoms with E-state index in [0.717, 1.165) is 0 Å². The molecule has 4 rings (SSSR count). The molecule has 178 valence electrons. The maximum atomic E-state index is 13.6. The summed E-state index contributed by atoms with van der Waals surface area (Å²) in [7, 11) is 1.44. The van der Waals surface area contributed by atoms with E-state index >= 15 is 0 Å². The Kier molecular flexibility index (Phi) is 7.20. The van der Waals surface area contributed by atoms with Gasteiger partial charge in [0.05, 0.1) is 33.9 Å². The van der Waals surface area contributed by atoms with Gasteiger partial charge in [-0.25, -0.2) is 4.39 Å². The van der Waals surface area contributed by atoms with Crippen molar-refractivity contribution in [2.45, 2.75) is 0 Å². The molecule has 0 radical (unpaired) electrons. The Bertz CT molecular complexity index is 1470. The first-order chi connectivity index (χ1) is 16.7. The van der Waals surface area contributed by atoms with Crippen molar-refractivity contribution in [3.63, 3.8) is 0 Å². The minimum Gasteiger partial charge on any atom is -0.496 e. The SMILES string of the molecule is COc1cc2nccc(Oc3ccc(NC(=S)Nc4ccc(Cl)c(F)c4)c(Cl)c3)c2cc1C(N)=O. The van der Waals surface area contributed by atoms with Crippen LogP contribution in [0.2, 0.25) is 10.0 Å². The van der Waals surface area contributed by atoms with Crippen molar-refractivity contribution in [1.82, 2.24) is 4.98 Å². The van der Waals surface area contributed by atoms with Gasteiger partial charge in [0.1, 0.15) is 23.1 Å². The maximum Gasteiger partial charge on any atom is 0.252 e. The molecule has 1 heterocycles. The number of hydrogen-bond donors (Lipinski definition) is 3. The number of nitrogens with two attached hydrogens (primary N) is 1. The van der Waals surface area contributed by atoms with Gasteiger partial charge in [-0.05, 0) is 54.7 Å². The molecule has 0 aliphatic heterocycles. The number of primary amides is 1. The molecule has 1 aromatic heterocycles. The summed E-state index contributed by atoms with van der Waals surface area (Å²) >= 11 is 17.4. The summed E-state index contributed by atoms with van der Waals surface area (Å²) in [6, 6.07) is 14.0. The molecule has 0 aliphatic rings. The summed E-state index contributed by atoms with van der Waals surface area (Å²) in [6.45, 7) is 0. The standard InChI is InChI=1S/C24H17Cl2FN4O3S/c1-33-22-11-20-14(10-15(22)23(28)32)21(6-7-29-20)34-13-3-5-19(17(26)9-13)31-24(35)30-12-2-4-16(25)18(27)8-12/h2-11H,1H3,(H2,28,32)(H2,30,31,35). The first-order valence-electron chi connectivity index (χ1n) is 10.0. The second-order valence-corrected chi connectivity index (χ2v) is 8.42. The number of fused-ring (bicyclic) bond motifs is 1. The van der Waals surface area contributed by atoms with Gasteiger partial charge in [0, 0.05) is 29.4 Å². The van der Waals surface area contributed by atoms with Crippen LogP contribution in [0.15, 0.2) is 60.8 Å². The number of anilines is 2. The van der Waals surface area contributed by atoms with Gasteiger partial charge in [0.2, 0.25) is 0 Å². The number of carbonyl (C=O) groups is 1. The number of aromatic nitrogens is 1. The fourth-order valence-electron chi connectivity index (χ4n) is 3.24. The lowest BCUT2D eigenvalue weighted by atomic mass is 10.1. The minimum absolute atomic E-state index is 0.0139. The van der Waals surface area contributed by atoms with E-state index in [0.29, 0.717) is 44.5 Å². The van der Waals surface area contributed by atoms with E-state index in [1.807, 2.05) is 0 Å². The van der Waals surface area contributed by atoms with Gasteiger partial charge < -0.3 is 25.8 Å². The molecule has 4 aromatic rings. The van der Waals surface area contributed by atoms with Gasteiger partial charge >= 0.3 is 0 Å². The number of ether oxygens (including phenoxy) is 2. The highest BCUT2D eigenvalue weighted by atomic mass is 35.5. The molecule has 0 atom stereocenters. The van der Waals surface area contributed by atoms with Gasteiger partial charge in [0.25, 0.3) is 5.91 Å². The maximum absolute atomic E-state index is 13.6. The predicted octanol–water partition coefficient (Wildman–Crippen LogP) is 6.39. The molecule has 4 N–H and O–H groups in total. The van der Waals surface area contributed by atoms with E-state index in [9.17, 15) is 9.18 Å². The molecule has 0 bridgehead atoms. The number of nitrogens with zero attached hydrogens (tertiary/aromatic N) is 1. The van der Waals surface area contributed by atoms with E-state index in [4.69, 9.17) is 50.6 Å². The zero-order chi connectivity index (χ0) is 25.1. The first kappa shape index (κ1) is 24.5. The lowest BCUT2D eigenvalue weighted by molar-refractivity contribution is 0.0997. The third-order valence-electron chi connectivity index (χ3n) is 4.88. The van der Waals surface area contributed by atoms with Crippen LogP contribution in [-0.2, 0) is 0 Å². The van der Waals surface area contributed by atoms with E-state index in [1.165, 1.54) is 19.2 Å². The van der Waals surface area contributed by atoms with Crippen molar-refractivity contribution in [2.24, 2.45) is 5.73 Å². The highest BCUT2D eigenvalue weighted by Gasteiger charge is 2.15. The summed E-state index contributed by atoms with van der Waals surface area (Å²) in [6.07, 6.45) is 1.57. The Morgan fingerprint density at radius 3 is 2.51 bits per heavy atom. The molecule has 7 nitrogen and oxygen atoms in total. The van der Waals surface area contributed by atoms with Crippen molar-refractivity contribution < 1.29 is 18.7 Å². The average molecular weight is 531 g/mol. The number of amides is 1. The quantitative estimate of drug-likeness (QED) is 0.248. The number of rotatable bonds is 6. The van der Waals surface area contributed by atoms with Crippen LogP contribution in [0.25, 0.3) is 10.9 Å². The van der Waals surface area contributed by atoms with Gasteiger partial charge in [-0.15, -0.1) is 0 Å². The first-order valence-corrected chi connectivity index (χ1v) is 11.2. The zero-order valence-electron chi connectivity index (χ0n) is 18.1. The second-order valence-electron chi connectivity index (χ2n) is 7.19. The van der Waals surface area contributed by atoms with Crippen LogP contribution in [0.4, 0.5) is 15.8 Å². The molecular weight excluding hydrogens is 514 g/mol. The number of thiocarbonyl (C=S) groups is 1. The lowest BCUT2D eigenvalue weighted by Crippen LogP contribution is -2.19. The number of halogens is 3. The van der Waals surface area contributed by atoms with Crippen LogP contribution in [0.3, 0.4) is 0 Å². The normalized spacial score (nSPS) is 10.6. The molecule has 0 spiro atoms. The number of hydrogen-bond acceptors (Lipinski definition) is 5. The molecule has 0 fully saturated rings. The van der Waals surface area contributed by atoms with Crippen molar-refractivity contribution in [1.29, 1.82) is 0 Å². The average Bonchev–Trinajstić information content (AvgIpc) is 2.82. The Hall–Kier alpha value is -3.66. The van der Waals surface area contributed by atoms with Crippen molar-refractivity contribution in [2.75, 3.05) is 17.7 Å². The molecule has 11 heteroatoms. The van der Waals surface area contributed by atoms with E-state index < -0.39 is 11.7 Å². The summed E-state index contributed by atoms with van der Waals surface area (Å²) in [5.74, 6) is -0.00645. The highest BCUT2D eigenvalue weighted by Crippen LogP contribution is 2.35. The molecule has 3 aromatic carbocycles. The van der Waals surface area contributed by atoms with Gasteiger partial charge in [-0.2, -0.15) is 0 Å². The van der Waals surface area contributed by atoms with Crippen molar-refractivity contribution in [3.8, 4) is 17.2 Å². The third-order valence-corrected chi connectivity index (χ3v) is 5.71. The second kappa shape index (κ2) is 10.3. The Morgan fingerprint density at radius 1 is 1.03 bits per heavy atom. The lowest BCUT2D eigenvalue weighted by Gasteiger charge is -2.14. The minimum atomic E-state index is -0.636. The topological polar surface area (TPSA) is 98.5 Å². The van der Waals surface area contributed by atoms with Gasteiger partial charge in [-0.3, -0.25) is 9.78 Å². The Balaban J connectivity index is 1.54. The van der Waals surface area contributed by atoms with E-state index in [1.54, 1.807) is 48.7 Å². The smallest absolute Gasteiger partial charge is 0.252 e. The summed E-state index contributed by atoms with van der Waals surface area (Å²) in [5, 5.41) is 6.92.